The number of pyridine rings is 1. The molecule has 45 heavy (non-hydrogen) atoms. The number of hydrogen-bond donors (Lipinski definition) is 2. The number of nitrogens with zero attached hydrogens (tertiary/aromatic N) is 4. The molecule has 2 aromatic heterocycles. The normalized spacial score (nSPS) is 14.1. The van der Waals surface area contributed by atoms with Crippen molar-refractivity contribution in [2.24, 2.45) is 10.8 Å². The first kappa shape index (κ1) is 40.6. The van der Waals surface area contributed by atoms with Gasteiger partial charge in [-0.05, 0) is 74.1 Å². The van der Waals surface area contributed by atoms with Gasteiger partial charge in [-0.1, -0.05) is 101 Å². The molecule has 1 aromatic carbocycles. The fraction of sp³-hybridized carbons (Fsp3) is 0.692. The van der Waals surface area contributed by atoms with Gasteiger partial charge in [0.1, 0.15) is 0 Å². The van der Waals surface area contributed by atoms with Gasteiger partial charge in [-0.25, -0.2) is 4.98 Å². The van der Waals surface area contributed by atoms with Gasteiger partial charge in [-0.3, -0.25) is 4.98 Å². The van der Waals surface area contributed by atoms with Crippen molar-refractivity contribution in [3.63, 3.8) is 0 Å². The molecular formula is C39H70N6. The van der Waals surface area contributed by atoms with E-state index in [2.05, 4.69) is 105 Å². The summed E-state index contributed by atoms with van der Waals surface area (Å²) in [6.07, 6.45) is 6.19. The summed E-state index contributed by atoms with van der Waals surface area (Å²) in [5.41, 5.74) is 6.38. The highest BCUT2D eigenvalue weighted by Crippen LogP contribution is 2.28. The maximum atomic E-state index is 5.06. The summed E-state index contributed by atoms with van der Waals surface area (Å²) in [6, 6.07) is 13.1. The maximum absolute atomic E-state index is 5.06. The van der Waals surface area contributed by atoms with Crippen LogP contribution in [-0.4, -0.2) is 58.2 Å². The van der Waals surface area contributed by atoms with E-state index in [1.54, 1.807) is 0 Å². The largest absolute Gasteiger partial charge is 0.353 e. The first-order chi connectivity index (χ1) is 21.5. The SMILES string of the molecule is CC.CC.CC.Cc1cccc(Cn2c(NC3CCN(CCNCC(C)(C)CCCC(C)(C)C)CC3)nc3c(C)cccc32)n1. The molecule has 0 atom stereocenters. The van der Waals surface area contributed by atoms with E-state index in [0.717, 1.165) is 75.0 Å². The molecule has 6 nitrogen and oxygen atoms in total. The Balaban J connectivity index is 0.00000159. The number of fused-ring (bicyclic) bond motifs is 1. The summed E-state index contributed by atoms with van der Waals surface area (Å²) in [4.78, 5) is 12.4. The van der Waals surface area contributed by atoms with Gasteiger partial charge >= 0.3 is 0 Å². The van der Waals surface area contributed by atoms with E-state index in [1.807, 2.05) is 41.5 Å². The Morgan fingerprint density at radius 1 is 0.822 bits per heavy atom. The molecule has 0 amide bonds. The Kier molecular flexibility index (Phi) is 18.6. The van der Waals surface area contributed by atoms with Crippen LogP contribution in [0.4, 0.5) is 5.95 Å². The van der Waals surface area contributed by atoms with Gasteiger partial charge in [0.15, 0.2) is 0 Å². The lowest BCUT2D eigenvalue weighted by molar-refractivity contribution is 0.212. The molecule has 1 fully saturated rings. The van der Waals surface area contributed by atoms with Gasteiger partial charge < -0.3 is 20.1 Å². The van der Waals surface area contributed by atoms with Crippen molar-refractivity contribution in [2.45, 2.75) is 135 Å². The number of para-hydroxylation sites is 1. The zero-order valence-electron chi connectivity index (χ0n) is 31.6. The minimum Gasteiger partial charge on any atom is -0.353 e. The third-order valence-electron chi connectivity index (χ3n) is 8.16. The molecule has 1 saturated heterocycles. The zero-order valence-corrected chi connectivity index (χ0v) is 31.6. The molecule has 4 rings (SSSR count). The third kappa shape index (κ3) is 14.2. The number of imidazole rings is 1. The molecule has 0 saturated carbocycles. The van der Waals surface area contributed by atoms with Crippen LogP contribution in [0.1, 0.15) is 125 Å². The van der Waals surface area contributed by atoms with Crippen LogP contribution in [-0.2, 0) is 6.54 Å². The fourth-order valence-corrected chi connectivity index (χ4v) is 5.74. The second-order valence-electron chi connectivity index (χ2n) is 13.7. The number of nitrogens with one attached hydrogen (secondary N) is 2. The van der Waals surface area contributed by atoms with Crippen LogP contribution in [0.15, 0.2) is 36.4 Å². The Labute approximate surface area is 278 Å². The first-order valence-corrected chi connectivity index (χ1v) is 18.1. The number of benzene rings is 1. The van der Waals surface area contributed by atoms with E-state index < -0.39 is 0 Å². The second-order valence-corrected chi connectivity index (χ2v) is 13.7. The monoisotopic (exact) mass is 623 g/mol. The van der Waals surface area contributed by atoms with Crippen molar-refractivity contribution in [1.29, 1.82) is 0 Å². The van der Waals surface area contributed by atoms with Gasteiger partial charge in [0.05, 0.1) is 23.3 Å². The lowest BCUT2D eigenvalue weighted by atomic mass is 9.82. The molecular weight excluding hydrogens is 552 g/mol. The van der Waals surface area contributed by atoms with Crippen LogP contribution in [0.3, 0.4) is 0 Å². The minimum atomic E-state index is 0.361. The highest BCUT2D eigenvalue weighted by molar-refractivity contribution is 5.82. The summed E-state index contributed by atoms with van der Waals surface area (Å²) in [6.45, 7) is 34.3. The first-order valence-electron chi connectivity index (χ1n) is 18.1. The van der Waals surface area contributed by atoms with Gasteiger partial charge in [0, 0.05) is 44.5 Å². The van der Waals surface area contributed by atoms with Crippen molar-refractivity contribution in [3.05, 3.63) is 53.3 Å². The van der Waals surface area contributed by atoms with Crippen LogP contribution in [0.2, 0.25) is 0 Å². The third-order valence-corrected chi connectivity index (χ3v) is 8.16. The molecule has 0 bridgehead atoms. The van der Waals surface area contributed by atoms with Crippen LogP contribution in [0, 0.1) is 24.7 Å². The number of piperidine rings is 1. The van der Waals surface area contributed by atoms with Crippen molar-refractivity contribution in [2.75, 3.05) is 38.0 Å². The van der Waals surface area contributed by atoms with Crippen LogP contribution in [0.25, 0.3) is 11.0 Å². The van der Waals surface area contributed by atoms with Crippen LogP contribution < -0.4 is 10.6 Å². The van der Waals surface area contributed by atoms with E-state index in [9.17, 15) is 0 Å². The number of likely N-dealkylation sites (tertiary alicyclic amines) is 1. The van der Waals surface area contributed by atoms with Gasteiger partial charge in [-0.2, -0.15) is 0 Å². The van der Waals surface area contributed by atoms with Crippen molar-refractivity contribution >= 4 is 17.0 Å². The standard InChI is InChI=1S/C33H52N6.3C2H6/c1-25-11-8-14-29-30(25)37-31(39(29)23-28-13-9-12-26(2)35-28)36-27-15-20-38(21-16-27)22-19-34-24-33(6,7)18-10-17-32(3,4)5;3*1-2/h8-9,11-14,27,34H,10,15-24H2,1-7H3,(H,36,37);3*1-2H3. The molecule has 0 spiro atoms. The summed E-state index contributed by atoms with van der Waals surface area (Å²) in [7, 11) is 0. The zero-order chi connectivity index (χ0) is 34.0. The number of rotatable bonds is 12. The van der Waals surface area contributed by atoms with Crippen molar-refractivity contribution in [1.82, 2.24) is 24.8 Å². The Morgan fingerprint density at radius 3 is 2.09 bits per heavy atom. The number of anilines is 1. The number of aromatic nitrogens is 3. The van der Waals surface area contributed by atoms with E-state index in [0.29, 0.717) is 16.9 Å². The molecule has 2 N–H and O–H groups in total. The Hall–Kier alpha value is -2.44. The average molecular weight is 623 g/mol. The quantitative estimate of drug-likeness (QED) is 0.197. The van der Waals surface area contributed by atoms with Gasteiger partial charge in [0.2, 0.25) is 5.95 Å². The summed E-state index contributed by atoms with van der Waals surface area (Å²) in [5.74, 6) is 0.969. The average Bonchev–Trinajstić information content (AvgIpc) is 3.36. The molecule has 0 aliphatic carbocycles. The van der Waals surface area contributed by atoms with E-state index in [4.69, 9.17) is 9.97 Å². The summed E-state index contributed by atoms with van der Waals surface area (Å²) >= 11 is 0. The number of hydrogen-bond acceptors (Lipinski definition) is 5. The topological polar surface area (TPSA) is 58.0 Å². The van der Waals surface area contributed by atoms with Gasteiger partial charge in [0.25, 0.3) is 0 Å². The highest BCUT2D eigenvalue weighted by Gasteiger charge is 2.23. The fourth-order valence-electron chi connectivity index (χ4n) is 5.74. The molecule has 3 aromatic rings. The predicted octanol–water partition coefficient (Wildman–Crippen LogP) is 9.88. The molecule has 6 heteroatoms. The maximum Gasteiger partial charge on any atom is 0.204 e. The smallest absolute Gasteiger partial charge is 0.204 e. The molecule has 256 valence electrons. The molecule has 0 unspecified atom stereocenters. The lowest BCUT2D eigenvalue weighted by Gasteiger charge is -2.33. The lowest BCUT2D eigenvalue weighted by Crippen LogP contribution is -2.43. The van der Waals surface area contributed by atoms with Crippen molar-refractivity contribution < 1.29 is 0 Å². The van der Waals surface area contributed by atoms with Crippen molar-refractivity contribution in [3.8, 4) is 0 Å². The summed E-state index contributed by atoms with van der Waals surface area (Å²) < 4.78 is 2.31. The number of aryl methyl sites for hydroxylation is 2. The minimum absolute atomic E-state index is 0.361. The summed E-state index contributed by atoms with van der Waals surface area (Å²) in [5, 5.41) is 7.57. The Morgan fingerprint density at radius 2 is 1.47 bits per heavy atom. The van der Waals surface area contributed by atoms with Gasteiger partial charge in [-0.15, -0.1) is 0 Å². The van der Waals surface area contributed by atoms with E-state index >= 15 is 0 Å². The van der Waals surface area contributed by atoms with E-state index in [-0.39, 0.29) is 0 Å². The Bertz CT molecular complexity index is 1200. The molecule has 0 radical (unpaired) electrons. The predicted molar refractivity (Wildman–Crippen MR) is 200 cm³/mol. The van der Waals surface area contributed by atoms with Crippen LogP contribution in [0.5, 0.6) is 0 Å². The highest BCUT2D eigenvalue weighted by atomic mass is 15.2. The van der Waals surface area contributed by atoms with E-state index in [1.165, 1.54) is 30.3 Å². The van der Waals surface area contributed by atoms with Crippen LogP contribution >= 0.6 is 0 Å². The molecule has 3 heterocycles. The molecule has 1 aliphatic heterocycles. The second kappa shape index (κ2) is 20.6. The molecule has 1 aliphatic rings.